The highest BCUT2D eigenvalue weighted by molar-refractivity contribution is 5.58. The van der Waals surface area contributed by atoms with Gasteiger partial charge < -0.3 is 10.2 Å². The number of hydrogen-bond donors (Lipinski definition) is 1. The van der Waals surface area contributed by atoms with E-state index in [1.807, 2.05) is 0 Å². The average molecular weight is 258 g/mol. The number of fused-ring (bicyclic) bond motifs is 1. The van der Waals surface area contributed by atoms with Gasteiger partial charge in [-0.15, -0.1) is 0 Å². The molecule has 0 bridgehead atoms. The normalized spacial score (nSPS) is 21.5. The van der Waals surface area contributed by atoms with Crippen molar-refractivity contribution in [2.24, 2.45) is 5.41 Å². The Kier molecular flexibility index (Phi) is 3.53. The van der Waals surface area contributed by atoms with Crippen LogP contribution >= 0.6 is 0 Å². The van der Waals surface area contributed by atoms with E-state index >= 15 is 0 Å². The summed E-state index contributed by atoms with van der Waals surface area (Å²) >= 11 is 0. The van der Waals surface area contributed by atoms with Crippen LogP contribution in [0.15, 0.2) is 18.2 Å². The van der Waals surface area contributed by atoms with Crippen LogP contribution in [0.25, 0.3) is 0 Å². The maximum atomic E-state index is 3.53. The predicted octanol–water partition coefficient (Wildman–Crippen LogP) is 3.35. The molecule has 0 aromatic heterocycles. The smallest absolute Gasteiger partial charge is 0.0414 e. The zero-order valence-electron chi connectivity index (χ0n) is 12.3. The van der Waals surface area contributed by atoms with Gasteiger partial charge in [0, 0.05) is 25.3 Å². The lowest BCUT2D eigenvalue weighted by Crippen LogP contribution is -2.30. The van der Waals surface area contributed by atoms with Gasteiger partial charge in [-0.1, -0.05) is 26.0 Å². The highest BCUT2D eigenvalue weighted by atomic mass is 15.2. The highest BCUT2D eigenvalue weighted by Crippen LogP contribution is 2.40. The third kappa shape index (κ3) is 2.27. The minimum Gasteiger partial charge on any atom is -0.371 e. The molecule has 3 rings (SSSR count). The molecule has 0 aliphatic carbocycles. The monoisotopic (exact) mass is 258 g/mol. The Labute approximate surface area is 117 Å². The van der Waals surface area contributed by atoms with E-state index in [9.17, 15) is 0 Å². The van der Waals surface area contributed by atoms with E-state index in [4.69, 9.17) is 0 Å². The van der Waals surface area contributed by atoms with E-state index in [0.717, 1.165) is 13.1 Å². The van der Waals surface area contributed by atoms with Crippen molar-refractivity contribution in [1.29, 1.82) is 0 Å². The molecule has 104 valence electrons. The van der Waals surface area contributed by atoms with E-state index < -0.39 is 0 Å². The molecule has 0 atom stereocenters. The zero-order chi connectivity index (χ0) is 13.3. The Hall–Kier alpha value is -1.02. The maximum Gasteiger partial charge on any atom is 0.0414 e. The third-order valence-corrected chi connectivity index (χ3v) is 5.40. The third-order valence-electron chi connectivity index (χ3n) is 5.40. The lowest BCUT2D eigenvalue weighted by molar-refractivity contribution is 0.301. The largest absolute Gasteiger partial charge is 0.371 e. The van der Waals surface area contributed by atoms with Crippen molar-refractivity contribution in [2.45, 2.75) is 46.1 Å². The van der Waals surface area contributed by atoms with Gasteiger partial charge in [0.25, 0.3) is 0 Å². The van der Waals surface area contributed by atoms with Crippen LogP contribution in [0.3, 0.4) is 0 Å². The van der Waals surface area contributed by atoms with Crippen molar-refractivity contribution < 1.29 is 0 Å². The van der Waals surface area contributed by atoms with E-state index in [1.54, 1.807) is 11.1 Å². The fourth-order valence-electron chi connectivity index (χ4n) is 3.76. The minimum absolute atomic E-state index is 0.560. The summed E-state index contributed by atoms with van der Waals surface area (Å²) in [4.78, 5) is 2.64. The molecule has 1 saturated heterocycles. The summed E-state index contributed by atoms with van der Waals surface area (Å²) in [6.45, 7) is 9.37. The number of anilines is 1. The van der Waals surface area contributed by atoms with Crippen molar-refractivity contribution in [3.8, 4) is 0 Å². The lowest BCUT2D eigenvalue weighted by Gasteiger charge is -2.30. The molecular weight excluding hydrogens is 232 g/mol. The second-order valence-corrected chi connectivity index (χ2v) is 6.22. The molecule has 2 aliphatic rings. The van der Waals surface area contributed by atoms with Gasteiger partial charge in [-0.2, -0.15) is 0 Å². The fraction of sp³-hybridized carbons (Fsp3) is 0.647. The maximum absolute atomic E-state index is 3.53. The summed E-state index contributed by atoms with van der Waals surface area (Å²) in [5.41, 5.74) is 5.16. The number of nitrogens with zero attached hydrogens (tertiary/aromatic N) is 1. The van der Waals surface area contributed by atoms with Crippen LogP contribution in [0, 0.1) is 5.41 Å². The van der Waals surface area contributed by atoms with Gasteiger partial charge in [0.05, 0.1) is 0 Å². The molecule has 2 aliphatic heterocycles. The van der Waals surface area contributed by atoms with Crippen LogP contribution in [0.1, 0.15) is 44.2 Å². The van der Waals surface area contributed by atoms with Crippen molar-refractivity contribution >= 4 is 5.69 Å². The minimum atomic E-state index is 0.560. The fourth-order valence-corrected chi connectivity index (χ4v) is 3.76. The molecule has 0 saturated carbocycles. The summed E-state index contributed by atoms with van der Waals surface area (Å²) in [6.07, 6.45) is 5.17. The quantitative estimate of drug-likeness (QED) is 0.894. The van der Waals surface area contributed by atoms with Crippen LogP contribution in [0.5, 0.6) is 0 Å². The molecule has 0 spiro atoms. The van der Waals surface area contributed by atoms with Gasteiger partial charge in [-0.25, -0.2) is 0 Å². The Bertz CT molecular complexity index is 449. The van der Waals surface area contributed by atoms with Crippen molar-refractivity contribution in [3.05, 3.63) is 29.3 Å². The number of rotatable bonds is 3. The van der Waals surface area contributed by atoms with Crippen molar-refractivity contribution in [3.63, 3.8) is 0 Å². The van der Waals surface area contributed by atoms with Gasteiger partial charge in [0.15, 0.2) is 0 Å². The lowest BCUT2D eigenvalue weighted by atomic mass is 9.82. The van der Waals surface area contributed by atoms with Gasteiger partial charge in [0.1, 0.15) is 0 Å². The molecule has 0 unspecified atom stereocenters. The van der Waals surface area contributed by atoms with Crippen LogP contribution < -0.4 is 10.2 Å². The molecule has 19 heavy (non-hydrogen) atoms. The molecule has 0 amide bonds. The second-order valence-electron chi connectivity index (χ2n) is 6.22. The summed E-state index contributed by atoms with van der Waals surface area (Å²) in [5, 5.41) is 3.53. The zero-order valence-corrected chi connectivity index (χ0v) is 12.3. The van der Waals surface area contributed by atoms with E-state index in [-0.39, 0.29) is 0 Å². The first-order valence-electron chi connectivity index (χ1n) is 7.84. The molecule has 1 aromatic rings. The van der Waals surface area contributed by atoms with E-state index in [2.05, 4.69) is 42.3 Å². The Morgan fingerprint density at radius 2 is 2.11 bits per heavy atom. The number of hydrogen-bond acceptors (Lipinski definition) is 2. The van der Waals surface area contributed by atoms with Crippen molar-refractivity contribution in [2.75, 3.05) is 24.5 Å². The topological polar surface area (TPSA) is 15.3 Å². The summed E-state index contributed by atoms with van der Waals surface area (Å²) < 4.78 is 0. The molecule has 1 fully saturated rings. The van der Waals surface area contributed by atoms with E-state index in [0.29, 0.717) is 5.41 Å². The van der Waals surface area contributed by atoms with Gasteiger partial charge in [-0.05, 0) is 54.8 Å². The first-order chi connectivity index (χ1) is 9.28. The molecule has 2 nitrogen and oxygen atoms in total. The van der Waals surface area contributed by atoms with Gasteiger partial charge in [0.2, 0.25) is 0 Å². The van der Waals surface area contributed by atoms with Crippen LogP contribution in [-0.4, -0.2) is 19.6 Å². The van der Waals surface area contributed by atoms with Crippen LogP contribution in [0.4, 0.5) is 5.69 Å². The number of benzene rings is 1. The Morgan fingerprint density at radius 3 is 2.84 bits per heavy atom. The van der Waals surface area contributed by atoms with Crippen LogP contribution in [-0.2, 0) is 13.0 Å². The molecular formula is C17H26N2. The summed E-state index contributed by atoms with van der Waals surface area (Å²) in [7, 11) is 0. The second kappa shape index (κ2) is 5.16. The molecule has 1 aromatic carbocycles. The van der Waals surface area contributed by atoms with E-state index in [1.165, 1.54) is 44.5 Å². The average Bonchev–Trinajstić information content (AvgIpc) is 2.92. The predicted molar refractivity (Wildman–Crippen MR) is 81.7 cm³/mol. The first-order valence-corrected chi connectivity index (χ1v) is 7.84. The molecule has 2 heteroatoms. The van der Waals surface area contributed by atoms with Crippen molar-refractivity contribution in [1.82, 2.24) is 5.32 Å². The first kappa shape index (κ1) is 13.0. The highest BCUT2D eigenvalue weighted by Gasteiger charge is 2.35. The standard InChI is InChI=1S/C17H26N2/c1-3-17(4-2)9-11-19(13-17)16-7-5-6-14-8-10-18-12-15(14)16/h5-7,18H,3-4,8-13H2,1-2H3. The SMILES string of the molecule is CCC1(CC)CCN(c2cccc3c2CNCC3)C1. The van der Waals surface area contributed by atoms with Gasteiger partial charge >= 0.3 is 0 Å². The van der Waals surface area contributed by atoms with Gasteiger partial charge in [-0.3, -0.25) is 0 Å². The molecule has 2 heterocycles. The summed E-state index contributed by atoms with van der Waals surface area (Å²) in [6, 6.07) is 6.88. The molecule has 0 radical (unpaired) electrons. The van der Waals surface area contributed by atoms with Crippen LogP contribution in [0.2, 0.25) is 0 Å². The molecule has 1 N–H and O–H groups in total. The number of nitrogens with one attached hydrogen (secondary N) is 1. The Morgan fingerprint density at radius 1 is 1.26 bits per heavy atom. The summed E-state index contributed by atoms with van der Waals surface area (Å²) in [5.74, 6) is 0. The Balaban J connectivity index is 1.88.